The Kier molecular flexibility index (Phi) is 4.08. The van der Waals surface area contributed by atoms with Crippen LogP contribution in [0.2, 0.25) is 0 Å². The molecule has 0 unspecified atom stereocenters. The summed E-state index contributed by atoms with van der Waals surface area (Å²) in [5, 5.41) is 9.76. The SMILES string of the molecule is CCCOc1ccccc1CCC(O)=C1CC1. The molecule has 0 heterocycles. The largest absolute Gasteiger partial charge is 0.512 e. The standard InChI is InChI=1S/C15H20O2/c1-2-11-17-15-6-4-3-5-13(15)9-10-14(16)12-7-8-12/h3-6,16H,2,7-11H2,1H3. The van der Waals surface area contributed by atoms with Crippen molar-refractivity contribution in [2.24, 2.45) is 0 Å². The van der Waals surface area contributed by atoms with E-state index in [1.54, 1.807) is 0 Å². The molecule has 0 bridgehead atoms. The van der Waals surface area contributed by atoms with Crippen molar-refractivity contribution in [3.05, 3.63) is 41.2 Å². The molecular formula is C15H20O2. The summed E-state index contributed by atoms with van der Waals surface area (Å²) in [5.74, 6) is 1.55. The second-order valence-corrected chi connectivity index (χ2v) is 4.51. The van der Waals surface area contributed by atoms with Gasteiger partial charge in [-0.1, -0.05) is 25.1 Å². The molecule has 0 aromatic heterocycles. The summed E-state index contributed by atoms with van der Waals surface area (Å²) >= 11 is 0. The van der Waals surface area contributed by atoms with Gasteiger partial charge in [-0.25, -0.2) is 0 Å². The van der Waals surface area contributed by atoms with Gasteiger partial charge in [0.25, 0.3) is 0 Å². The van der Waals surface area contributed by atoms with Crippen LogP contribution in [0, 0.1) is 0 Å². The van der Waals surface area contributed by atoms with Crippen molar-refractivity contribution < 1.29 is 9.84 Å². The molecule has 0 aliphatic heterocycles. The van der Waals surface area contributed by atoms with Gasteiger partial charge in [-0.15, -0.1) is 0 Å². The minimum atomic E-state index is 0.593. The van der Waals surface area contributed by atoms with Gasteiger partial charge in [0.15, 0.2) is 0 Å². The van der Waals surface area contributed by atoms with Gasteiger partial charge >= 0.3 is 0 Å². The molecule has 1 aromatic carbocycles. The fourth-order valence-corrected chi connectivity index (χ4v) is 1.84. The number of hydrogen-bond donors (Lipinski definition) is 1. The van der Waals surface area contributed by atoms with Gasteiger partial charge in [-0.05, 0) is 42.9 Å². The highest BCUT2D eigenvalue weighted by Gasteiger charge is 2.17. The molecule has 1 aromatic rings. The van der Waals surface area contributed by atoms with Crippen LogP contribution in [0.25, 0.3) is 0 Å². The number of ether oxygens (including phenoxy) is 1. The zero-order valence-electron chi connectivity index (χ0n) is 10.4. The number of hydrogen-bond acceptors (Lipinski definition) is 2. The van der Waals surface area contributed by atoms with Crippen LogP contribution < -0.4 is 4.74 Å². The Morgan fingerprint density at radius 1 is 1.29 bits per heavy atom. The Balaban J connectivity index is 1.96. The van der Waals surface area contributed by atoms with Gasteiger partial charge in [0.2, 0.25) is 0 Å². The highest BCUT2D eigenvalue weighted by molar-refractivity contribution is 5.34. The van der Waals surface area contributed by atoms with Crippen LogP contribution in [0.5, 0.6) is 5.75 Å². The van der Waals surface area contributed by atoms with Gasteiger partial charge in [-0.3, -0.25) is 0 Å². The normalized spacial score (nSPS) is 13.6. The third-order valence-corrected chi connectivity index (χ3v) is 2.97. The van der Waals surface area contributed by atoms with E-state index in [4.69, 9.17) is 4.74 Å². The van der Waals surface area contributed by atoms with Gasteiger partial charge in [0.05, 0.1) is 12.4 Å². The molecule has 2 rings (SSSR count). The van der Waals surface area contributed by atoms with Gasteiger partial charge < -0.3 is 9.84 Å². The molecule has 1 aliphatic carbocycles. The van der Waals surface area contributed by atoms with Crippen LogP contribution in [-0.2, 0) is 6.42 Å². The lowest BCUT2D eigenvalue weighted by atomic mass is 10.1. The molecule has 0 radical (unpaired) electrons. The molecule has 1 aliphatic rings. The van der Waals surface area contributed by atoms with E-state index in [2.05, 4.69) is 13.0 Å². The fraction of sp³-hybridized carbons (Fsp3) is 0.467. The molecule has 92 valence electrons. The first-order valence-corrected chi connectivity index (χ1v) is 6.42. The molecular weight excluding hydrogens is 212 g/mol. The molecule has 0 spiro atoms. The number of aliphatic hydroxyl groups excluding tert-OH is 1. The zero-order valence-corrected chi connectivity index (χ0v) is 10.4. The number of allylic oxidation sites excluding steroid dienone is 2. The lowest BCUT2D eigenvalue weighted by Gasteiger charge is -2.10. The Hall–Kier alpha value is -1.44. The molecule has 1 saturated carbocycles. The molecule has 17 heavy (non-hydrogen) atoms. The predicted molar refractivity (Wildman–Crippen MR) is 69.4 cm³/mol. The van der Waals surface area contributed by atoms with Crippen LogP contribution >= 0.6 is 0 Å². The molecule has 1 N–H and O–H groups in total. The average molecular weight is 232 g/mol. The zero-order chi connectivity index (χ0) is 12.1. The quantitative estimate of drug-likeness (QED) is 0.751. The Bertz CT molecular complexity index is 401. The molecule has 2 nitrogen and oxygen atoms in total. The molecule has 0 saturated heterocycles. The number of benzene rings is 1. The summed E-state index contributed by atoms with van der Waals surface area (Å²) in [6.07, 6.45) is 4.78. The number of aliphatic hydroxyl groups is 1. The minimum Gasteiger partial charge on any atom is -0.512 e. The van der Waals surface area contributed by atoms with Gasteiger partial charge in [-0.2, -0.15) is 0 Å². The van der Waals surface area contributed by atoms with Crippen molar-refractivity contribution in [3.63, 3.8) is 0 Å². The third-order valence-electron chi connectivity index (χ3n) is 2.97. The smallest absolute Gasteiger partial charge is 0.122 e. The van der Waals surface area contributed by atoms with Crippen molar-refractivity contribution >= 4 is 0 Å². The second kappa shape index (κ2) is 5.76. The van der Waals surface area contributed by atoms with Crippen molar-refractivity contribution in [1.29, 1.82) is 0 Å². The predicted octanol–water partition coefficient (Wildman–Crippen LogP) is 4.01. The van der Waals surface area contributed by atoms with Gasteiger partial charge in [0, 0.05) is 6.42 Å². The van der Waals surface area contributed by atoms with E-state index in [1.807, 2.05) is 18.2 Å². The van der Waals surface area contributed by atoms with E-state index in [0.717, 1.165) is 44.5 Å². The van der Waals surface area contributed by atoms with E-state index in [0.29, 0.717) is 5.76 Å². The lowest BCUT2D eigenvalue weighted by Crippen LogP contribution is -1.99. The minimum absolute atomic E-state index is 0.593. The van der Waals surface area contributed by atoms with Crippen molar-refractivity contribution in [3.8, 4) is 5.75 Å². The Morgan fingerprint density at radius 2 is 2.06 bits per heavy atom. The number of aryl methyl sites for hydroxylation is 1. The van der Waals surface area contributed by atoms with Gasteiger partial charge in [0.1, 0.15) is 5.75 Å². The number of rotatable bonds is 6. The van der Waals surface area contributed by atoms with Crippen LogP contribution in [0.3, 0.4) is 0 Å². The van der Waals surface area contributed by atoms with Crippen molar-refractivity contribution in [2.75, 3.05) is 6.61 Å². The molecule has 0 amide bonds. The first-order chi connectivity index (χ1) is 8.31. The maximum atomic E-state index is 9.76. The third kappa shape index (κ3) is 3.52. The van der Waals surface area contributed by atoms with E-state index < -0.39 is 0 Å². The van der Waals surface area contributed by atoms with Crippen molar-refractivity contribution in [2.45, 2.75) is 39.0 Å². The maximum Gasteiger partial charge on any atom is 0.122 e. The summed E-state index contributed by atoms with van der Waals surface area (Å²) in [7, 11) is 0. The number of para-hydroxylation sites is 1. The van der Waals surface area contributed by atoms with E-state index in [9.17, 15) is 5.11 Å². The second-order valence-electron chi connectivity index (χ2n) is 4.51. The first-order valence-electron chi connectivity index (χ1n) is 6.42. The molecule has 1 fully saturated rings. The summed E-state index contributed by atoms with van der Waals surface area (Å²) in [4.78, 5) is 0. The van der Waals surface area contributed by atoms with E-state index in [-0.39, 0.29) is 0 Å². The highest BCUT2D eigenvalue weighted by Crippen LogP contribution is 2.32. The van der Waals surface area contributed by atoms with Crippen molar-refractivity contribution in [1.82, 2.24) is 0 Å². The van der Waals surface area contributed by atoms with Crippen LogP contribution in [-0.4, -0.2) is 11.7 Å². The highest BCUT2D eigenvalue weighted by atomic mass is 16.5. The summed E-state index contributed by atoms with van der Waals surface area (Å²) in [6.45, 7) is 2.86. The Labute approximate surface area is 103 Å². The van der Waals surface area contributed by atoms with E-state index in [1.165, 1.54) is 11.1 Å². The maximum absolute atomic E-state index is 9.76. The van der Waals surface area contributed by atoms with Crippen LogP contribution in [0.15, 0.2) is 35.6 Å². The first kappa shape index (κ1) is 12.0. The molecule has 0 atom stereocenters. The summed E-state index contributed by atoms with van der Waals surface area (Å²) < 4.78 is 5.70. The Morgan fingerprint density at radius 3 is 2.76 bits per heavy atom. The van der Waals surface area contributed by atoms with Crippen LogP contribution in [0.4, 0.5) is 0 Å². The van der Waals surface area contributed by atoms with E-state index >= 15 is 0 Å². The molecule has 2 heteroatoms. The average Bonchev–Trinajstić information content (AvgIpc) is 3.18. The topological polar surface area (TPSA) is 29.5 Å². The summed E-state index contributed by atoms with van der Waals surface area (Å²) in [6, 6.07) is 8.10. The lowest BCUT2D eigenvalue weighted by molar-refractivity contribution is 0.313. The monoisotopic (exact) mass is 232 g/mol. The van der Waals surface area contributed by atoms with Crippen LogP contribution in [0.1, 0.15) is 38.2 Å². The fourth-order valence-electron chi connectivity index (χ4n) is 1.84. The summed E-state index contributed by atoms with van der Waals surface area (Å²) in [5.41, 5.74) is 2.42.